The Bertz CT molecular complexity index is 708. The minimum atomic E-state index is -0.937. The predicted octanol–water partition coefficient (Wildman–Crippen LogP) is 2.40. The lowest BCUT2D eigenvalue weighted by atomic mass is 10.2. The molecule has 0 unspecified atom stereocenters. The van der Waals surface area contributed by atoms with Gasteiger partial charge in [-0.3, -0.25) is 0 Å². The van der Waals surface area contributed by atoms with Gasteiger partial charge in [0, 0.05) is 12.3 Å². The van der Waals surface area contributed by atoms with Gasteiger partial charge in [0.05, 0.1) is 17.6 Å². The Kier molecular flexibility index (Phi) is 2.47. The Hall–Kier alpha value is -2.37. The number of rotatable bonds is 2. The smallest absolute Gasteiger partial charge is 0.155 e. The molecule has 0 aliphatic rings. The molecule has 0 fully saturated rings. The molecule has 0 aromatic carbocycles. The molecule has 3 aromatic heterocycles. The van der Waals surface area contributed by atoms with Gasteiger partial charge in [-0.15, -0.1) is 0 Å². The van der Waals surface area contributed by atoms with Crippen molar-refractivity contribution >= 4 is 5.65 Å². The molecule has 3 aromatic rings. The van der Waals surface area contributed by atoms with E-state index in [1.54, 1.807) is 29.0 Å². The van der Waals surface area contributed by atoms with Crippen LogP contribution in [0.1, 0.15) is 5.69 Å². The molecule has 0 amide bonds. The van der Waals surface area contributed by atoms with Crippen LogP contribution in [0.3, 0.4) is 0 Å². The lowest BCUT2D eigenvalue weighted by Crippen LogP contribution is -2.00. The summed E-state index contributed by atoms with van der Waals surface area (Å²) < 4.78 is 27.4. The topological polar surface area (TPSA) is 43.1 Å². The normalized spacial score (nSPS) is 11.0. The summed E-state index contributed by atoms with van der Waals surface area (Å²) in [5.41, 5.74) is 1.55. The van der Waals surface area contributed by atoms with Crippen molar-refractivity contribution in [2.45, 2.75) is 6.67 Å². The molecule has 0 saturated carbocycles. The van der Waals surface area contributed by atoms with Crippen LogP contribution in [0, 0.1) is 5.82 Å². The first-order valence-corrected chi connectivity index (χ1v) is 5.30. The van der Waals surface area contributed by atoms with E-state index in [2.05, 4.69) is 15.1 Å². The second kappa shape index (κ2) is 4.14. The Morgan fingerprint density at radius 1 is 1.11 bits per heavy atom. The summed E-state index contributed by atoms with van der Waals surface area (Å²) in [6, 6.07) is 6.13. The van der Waals surface area contributed by atoms with Crippen LogP contribution >= 0.6 is 0 Å². The number of pyridine rings is 1. The minimum Gasteiger partial charge on any atom is -0.245 e. The van der Waals surface area contributed by atoms with Gasteiger partial charge in [0.25, 0.3) is 0 Å². The summed E-state index contributed by atoms with van der Waals surface area (Å²) in [6.45, 7) is -0.937. The summed E-state index contributed by atoms with van der Waals surface area (Å²) in [5, 5.41) is 4.10. The van der Waals surface area contributed by atoms with E-state index in [9.17, 15) is 8.78 Å². The van der Waals surface area contributed by atoms with E-state index in [4.69, 9.17) is 0 Å². The van der Waals surface area contributed by atoms with E-state index in [0.717, 1.165) is 0 Å². The molecule has 3 rings (SSSR count). The average molecular weight is 246 g/mol. The summed E-state index contributed by atoms with van der Waals surface area (Å²) in [5.74, 6) is -0.646. The second-order valence-electron chi connectivity index (χ2n) is 3.69. The van der Waals surface area contributed by atoms with Gasteiger partial charge in [-0.25, -0.2) is 23.3 Å². The van der Waals surface area contributed by atoms with Crippen molar-refractivity contribution in [1.82, 2.24) is 19.6 Å². The lowest BCUT2D eigenvalue weighted by Gasteiger charge is -2.05. The fraction of sp³-hybridized carbons (Fsp3) is 0.0833. The number of halogens is 2. The maximum Gasteiger partial charge on any atom is 0.155 e. The Balaban J connectivity index is 2.23. The molecule has 18 heavy (non-hydrogen) atoms. The average Bonchev–Trinajstić information content (AvgIpc) is 2.87. The number of alkyl halides is 1. The van der Waals surface area contributed by atoms with Gasteiger partial charge in [0.15, 0.2) is 5.65 Å². The zero-order chi connectivity index (χ0) is 12.5. The SMILES string of the molecule is FCc1nc(-c2ccnc3ccnn23)ccc1F. The zero-order valence-corrected chi connectivity index (χ0v) is 9.22. The third kappa shape index (κ3) is 1.62. The van der Waals surface area contributed by atoms with E-state index in [1.165, 1.54) is 12.1 Å². The molecule has 0 N–H and O–H groups in total. The number of hydrogen-bond acceptors (Lipinski definition) is 3. The molecule has 4 nitrogen and oxygen atoms in total. The molecule has 0 spiro atoms. The van der Waals surface area contributed by atoms with Crippen molar-refractivity contribution < 1.29 is 8.78 Å². The summed E-state index contributed by atoms with van der Waals surface area (Å²) >= 11 is 0. The van der Waals surface area contributed by atoms with Crippen LogP contribution in [-0.4, -0.2) is 19.6 Å². The van der Waals surface area contributed by atoms with Crippen LogP contribution in [0.25, 0.3) is 17.0 Å². The van der Waals surface area contributed by atoms with Crippen LogP contribution in [0.15, 0.2) is 36.7 Å². The number of aromatic nitrogens is 4. The van der Waals surface area contributed by atoms with E-state index in [0.29, 0.717) is 17.0 Å². The molecule has 0 aliphatic heterocycles. The van der Waals surface area contributed by atoms with Gasteiger partial charge in [0.2, 0.25) is 0 Å². The Morgan fingerprint density at radius 3 is 2.83 bits per heavy atom. The van der Waals surface area contributed by atoms with Crippen LogP contribution in [0.4, 0.5) is 8.78 Å². The van der Waals surface area contributed by atoms with Gasteiger partial charge in [-0.05, 0) is 18.2 Å². The molecule has 0 bridgehead atoms. The number of nitrogens with zero attached hydrogens (tertiary/aromatic N) is 4. The number of fused-ring (bicyclic) bond motifs is 1. The molecule has 0 aliphatic carbocycles. The first-order valence-electron chi connectivity index (χ1n) is 5.30. The highest BCUT2D eigenvalue weighted by atomic mass is 19.1. The fourth-order valence-electron chi connectivity index (χ4n) is 1.75. The predicted molar refractivity (Wildman–Crippen MR) is 61.0 cm³/mol. The minimum absolute atomic E-state index is 0.204. The van der Waals surface area contributed by atoms with Crippen molar-refractivity contribution in [2.75, 3.05) is 0 Å². The van der Waals surface area contributed by atoms with Crippen molar-refractivity contribution in [3.05, 3.63) is 48.2 Å². The molecular weight excluding hydrogens is 238 g/mol. The van der Waals surface area contributed by atoms with Gasteiger partial charge in [0.1, 0.15) is 18.2 Å². The Labute approximate surface area is 101 Å². The third-order valence-electron chi connectivity index (χ3n) is 2.60. The Morgan fingerprint density at radius 2 is 2.00 bits per heavy atom. The van der Waals surface area contributed by atoms with Crippen LogP contribution in [0.5, 0.6) is 0 Å². The molecule has 0 saturated heterocycles. The number of hydrogen-bond donors (Lipinski definition) is 0. The van der Waals surface area contributed by atoms with Crippen molar-refractivity contribution in [2.24, 2.45) is 0 Å². The van der Waals surface area contributed by atoms with Crippen molar-refractivity contribution in [3.63, 3.8) is 0 Å². The molecule has 0 atom stereocenters. The van der Waals surface area contributed by atoms with Crippen LogP contribution < -0.4 is 0 Å². The van der Waals surface area contributed by atoms with E-state index >= 15 is 0 Å². The zero-order valence-electron chi connectivity index (χ0n) is 9.22. The highest BCUT2D eigenvalue weighted by Crippen LogP contribution is 2.19. The third-order valence-corrected chi connectivity index (χ3v) is 2.60. The van der Waals surface area contributed by atoms with Crippen molar-refractivity contribution in [1.29, 1.82) is 0 Å². The second-order valence-corrected chi connectivity index (χ2v) is 3.69. The van der Waals surface area contributed by atoms with Gasteiger partial charge in [-0.1, -0.05) is 0 Å². The lowest BCUT2D eigenvalue weighted by molar-refractivity contribution is 0.452. The van der Waals surface area contributed by atoms with E-state index < -0.39 is 12.5 Å². The fourth-order valence-corrected chi connectivity index (χ4v) is 1.75. The highest BCUT2D eigenvalue weighted by Gasteiger charge is 2.10. The molecular formula is C12H8F2N4. The highest BCUT2D eigenvalue weighted by molar-refractivity contribution is 5.58. The maximum atomic E-state index is 13.2. The van der Waals surface area contributed by atoms with Gasteiger partial charge < -0.3 is 0 Å². The molecule has 90 valence electrons. The quantitative estimate of drug-likeness (QED) is 0.697. The monoisotopic (exact) mass is 246 g/mol. The summed E-state index contributed by atoms with van der Waals surface area (Å²) in [7, 11) is 0. The summed E-state index contributed by atoms with van der Waals surface area (Å²) in [4.78, 5) is 8.06. The van der Waals surface area contributed by atoms with E-state index in [-0.39, 0.29) is 5.69 Å². The summed E-state index contributed by atoms with van der Waals surface area (Å²) in [6.07, 6.45) is 3.21. The van der Waals surface area contributed by atoms with Gasteiger partial charge >= 0.3 is 0 Å². The van der Waals surface area contributed by atoms with Crippen LogP contribution in [0.2, 0.25) is 0 Å². The maximum absolute atomic E-state index is 13.2. The molecule has 6 heteroatoms. The molecule has 0 radical (unpaired) electrons. The first-order chi connectivity index (χ1) is 8.79. The molecule has 3 heterocycles. The standard InChI is InChI=1S/C12H8F2N4/c13-7-10-8(14)1-2-9(17-10)11-3-5-15-12-4-6-16-18(11)12/h1-6H,7H2. The largest absolute Gasteiger partial charge is 0.245 e. The van der Waals surface area contributed by atoms with Crippen LogP contribution in [-0.2, 0) is 6.67 Å². The van der Waals surface area contributed by atoms with Crippen molar-refractivity contribution in [3.8, 4) is 11.4 Å². The van der Waals surface area contributed by atoms with Gasteiger partial charge in [-0.2, -0.15) is 5.10 Å². The van der Waals surface area contributed by atoms with E-state index in [1.807, 2.05) is 0 Å². The first kappa shape index (κ1) is 10.8.